The SMILES string of the molecule is CC(NC(=O)c1cccc(Cl)c1[N+](=O)[O-])c1ccccn1. The van der Waals surface area contributed by atoms with E-state index < -0.39 is 16.5 Å². The van der Waals surface area contributed by atoms with Crippen molar-refractivity contribution in [2.24, 2.45) is 0 Å². The maximum atomic E-state index is 12.2. The fraction of sp³-hybridized carbons (Fsp3) is 0.143. The third-order valence-electron chi connectivity index (χ3n) is 2.89. The molecular formula is C14H12ClN3O3. The second-order valence-electron chi connectivity index (χ2n) is 4.34. The van der Waals surface area contributed by atoms with Crippen LogP contribution in [0, 0.1) is 10.1 Å². The summed E-state index contributed by atoms with van der Waals surface area (Å²) >= 11 is 5.79. The van der Waals surface area contributed by atoms with E-state index in [1.165, 1.54) is 18.2 Å². The second-order valence-corrected chi connectivity index (χ2v) is 4.75. The van der Waals surface area contributed by atoms with E-state index in [4.69, 9.17) is 11.6 Å². The van der Waals surface area contributed by atoms with Crippen LogP contribution in [0.1, 0.15) is 29.0 Å². The molecule has 0 saturated carbocycles. The lowest BCUT2D eigenvalue weighted by Gasteiger charge is -2.13. The first-order valence-electron chi connectivity index (χ1n) is 6.15. The number of nitro benzene ring substituents is 1. The van der Waals surface area contributed by atoms with Crippen molar-refractivity contribution in [1.29, 1.82) is 0 Å². The van der Waals surface area contributed by atoms with Gasteiger partial charge in [0.2, 0.25) is 0 Å². The van der Waals surface area contributed by atoms with Crippen molar-refractivity contribution in [2.45, 2.75) is 13.0 Å². The van der Waals surface area contributed by atoms with Crippen molar-refractivity contribution < 1.29 is 9.72 Å². The quantitative estimate of drug-likeness (QED) is 0.694. The van der Waals surface area contributed by atoms with E-state index in [-0.39, 0.29) is 16.6 Å². The molecule has 1 unspecified atom stereocenters. The van der Waals surface area contributed by atoms with E-state index in [1.807, 2.05) is 0 Å². The van der Waals surface area contributed by atoms with E-state index in [0.717, 1.165) is 0 Å². The Hall–Kier alpha value is -2.47. The third-order valence-corrected chi connectivity index (χ3v) is 3.20. The summed E-state index contributed by atoms with van der Waals surface area (Å²) in [4.78, 5) is 26.7. The number of carbonyl (C=O) groups excluding carboxylic acids is 1. The Balaban J connectivity index is 2.26. The van der Waals surface area contributed by atoms with Crippen molar-refractivity contribution >= 4 is 23.2 Å². The van der Waals surface area contributed by atoms with Gasteiger partial charge >= 0.3 is 5.69 Å². The molecule has 0 bridgehead atoms. The fourth-order valence-corrected chi connectivity index (χ4v) is 2.11. The van der Waals surface area contributed by atoms with Gasteiger partial charge in [0.1, 0.15) is 10.6 Å². The van der Waals surface area contributed by atoms with Gasteiger partial charge in [0.15, 0.2) is 0 Å². The zero-order valence-corrected chi connectivity index (χ0v) is 11.9. The van der Waals surface area contributed by atoms with Gasteiger partial charge in [-0.05, 0) is 31.2 Å². The Morgan fingerprint density at radius 1 is 1.33 bits per heavy atom. The first-order chi connectivity index (χ1) is 10.0. The van der Waals surface area contributed by atoms with Gasteiger partial charge in [-0.2, -0.15) is 0 Å². The van der Waals surface area contributed by atoms with Gasteiger partial charge in [-0.1, -0.05) is 23.7 Å². The number of nitro groups is 1. The first kappa shape index (κ1) is 14.9. The van der Waals surface area contributed by atoms with Crippen LogP contribution in [-0.2, 0) is 0 Å². The van der Waals surface area contributed by atoms with Crippen molar-refractivity contribution in [2.75, 3.05) is 0 Å². The second kappa shape index (κ2) is 6.32. The summed E-state index contributed by atoms with van der Waals surface area (Å²) in [5, 5.41) is 13.6. The molecule has 0 aliphatic heterocycles. The van der Waals surface area contributed by atoms with E-state index >= 15 is 0 Å². The molecule has 1 atom stereocenters. The zero-order chi connectivity index (χ0) is 15.4. The minimum absolute atomic E-state index is 0.0712. The molecular weight excluding hydrogens is 294 g/mol. The van der Waals surface area contributed by atoms with Gasteiger partial charge in [0.05, 0.1) is 16.7 Å². The van der Waals surface area contributed by atoms with Crippen molar-refractivity contribution in [3.8, 4) is 0 Å². The number of amides is 1. The molecule has 21 heavy (non-hydrogen) atoms. The molecule has 0 fully saturated rings. The smallest absolute Gasteiger partial charge is 0.300 e. The van der Waals surface area contributed by atoms with E-state index in [2.05, 4.69) is 10.3 Å². The fourth-order valence-electron chi connectivity index (χ4n) is 1.86. The van der Waals surface area contributed by atoms with Crippen LogP contribution in [0.4, 0.5) is 5.69 Å². The molecule has 7 heteroatoms. The molecule has 2 aromatic rings. The number of aromatic nitrogens is 1. The molecule has 1 N–H and O–H groups in total. The van der Waals surface area contributed by atoms with Crippen LogP contribution in [0.15, 0.2) is 42.6 Å². The van der Waals surface area contributed by atoms with Gasteiger partial charge in [0.25, 0.3) is 5.91 Å². The molecule has 0 aliphatic rings. The Bertz CT molecular complexity index is 676. The first-order valence-corrected chi connectivity index (χ1v) is 6.53. The molecule has 1 aromatic carbocycles. The van der Waals surface area contributed by atoms with Crippen LogP contribution < -0.4 is 5.32 Å². The molecule has 1 heterocycles. The Morgan fingerprint density at radius 2 is 2.10 bits per heavy atom. The number of nitrogens with zero attached hydrogens (tertiary/aromatic N) is 2. The summed E-state index contributed by atoms with van der Waals surface area (Å²) in [5.74, 6) is -0.567. The molecule has 0 spiro atoms. The number of halogens is 1. The molecule has 108 valence electrons. The largest absolute Gasteiger partial charge is 0.344 e. The Kier molecular flexibility index (Phi) is 4.49. The topological polar surface area (TPSA) is 85.1 Å². The highest BCUT2D eigenvalue weighted by Crippen LogP contribution is 2.28. The minimum atomic E-state index is -0.664. The zero-order valence-electron chi connectivity index (χ0n) is 11.1. The number of benzene rings is 1. The lowest BCUT2D eigenvalue weighted by Crippen LogP contribution is -2.27. The normalized spacial score (nSPS) is 11.7. The Morgan fingerprint density at radius 3 is 2.71 bits per heavy atom. The summed E-state index contributed by atoms with van der Waals surface area (Å²) in [6.07, 6.45) is 1.61. The van der Waals surface area contributed by atoms with Gasteiger partial charge in [0, 0.05) is 6.20 Å². The van der Waals surface area contributed by atoms with Crippen molar-refractivity contribution in [3.63, 3.8) is 0 Å². The summed E-state index contributed by atoms with van der Waals surface area (Å²) in [5.41, 5.74) is 0.190. The number of pyridine rings is 1. The number of nitrogens with one attached hydrogen (secondary N) is 1. The van der Waals surface area contributed by atoms with Crippen LogP contribution in [0.2, 0.25) is 5.02 Å². The average Bonchev–Trinajstić information content (AvgIpc) is 2.47. The van der Waals surface area contributed by atoms with Gasteiger partial charge in [-0.25, -0.2) is 0 Å². The van der Waals surface area contributed by atoms with Gasteiger partial charge in [-0.3, -0.25) is 19.9 Å². The molecule has 0 radical (unpaired) electrons. The summed E-state index contributed by atoms with van der Waals surface area (Å²) in [7, 11) is 0. The maximum absolute atomic E-state index is 12.2. The highest BCUT2D eigenvalue weighted by Gasteiger charge is 2.24. The predicted octanol–water partition coefficient (Wildman–Crippen LogP) is 3.13. The highest BCUT2D eigenvalue weighted by atomic mass is 35.5. The van der Waals surface area contributed by atoms with E-state index in [9.17, 15) is 14.9 Å². The van der Waals surface area contributed by atoms with Crippen LogP contribution >= 0.6 is 11.6 Å². The Labute approximate surface area is 125 Å². The average molecular weight is 306 g/mol. The van der Waals surface area contributed by atoms with Gasteiger partial charge in [-0.15, -0.1) is 0 Å². The van der Waals surface area contributed by atoms with Crippen molar-refractivity contribution in [3.05, 3.63) is 69.0 Å². The van der Waals surface area contributed by atoms with E-state index in [1.54, 1.807) is 31.3 Å². The molecule has 1 aromatic heterocycles. The number of para-hydroxylation sites is 1. The van der Waals surface area contributed by atoms with Crippen LogP contribution in [0.25, 0.3) is 0 Å². The monoisotopic (exact) mass is 305 g/mol. The number of rotatable bonds is 4. The maximum Gasteiger partial charge on any atom is 0.300 e. The highest BCUT2D eigenvalue weighted by molar-refractivity contribution is 6.33. The lowest BCUT2D eigenvalue weighted by molar-refractivity contribution is -0.385. The van der Waals surface area contributed by atoms with Gasteiger partial charge < -0.3 is 5.32 Å². The van der Waals surface area contributed by atoms with Crippen molar-refractivity contribution in [1.82, 2.24) is 10.3 Å². The van der Waals surface area contributed by atoms with Crippen LogP contribution in [-0.4, -0.2) is 15.8 Å². The standard InChI is InChI=1S/C14H12ClN3O3/c1-9(12-7-2-3-8-16-12)17-14(19)10-5-4-6-11(15)13(10)18(20)21/h2-9H,1H3,(H,17,19). The summed E-state index contributed by atoms with van der Waals surface area (Å²) < 4.78 is 0. The predicted molar refractivity (Wildman–Crippen MR) is 78.2 cm³/mol. The minimum Gasteiger partial charge on any atom is -0.344 e. The van der Waals surface area contributed by atoms with E-state index in [0.29, 0.717) is 5.69 Å². The summed E-state index contributed by atoms with van der Waals surface area (Å²) in [6.45, 7) is 1.75. The molecule has 2 rings (SSSR count). The number of carbonyl (C=O) groups is 1. The number of hydrogen-bond acceptors (Lipinski definition) is 4. The van der Waals surface area contributed by atoms with Crippen LogP contribution in [0.5, 0.6) is 0 Å². The number of hydrogen-bond donors (Lipinski definition) is 1. The lowest BCUT2D eigenvalue weighted by atomic mass is 10.1. The molecule has 0 saturated heterocycles. The van der Waals surface area contributed by atoms with Crippen LogP contribution in [0.3, 0.4) is 0 Å². The summed E-state index contributed by atoms with van der Waals surface area (Å²) in [6, 6.07) is 9.18. The molecule has 6 nitrogen and oxygen atoms in total. The molecule has 0 aliphatic carbocycles. The molecule has 1 amide bonds. The third kappa shape index (κ3) is 3.35.